The van der Waals surface area contributed by atoms with Crippen molar-refractivity contribution in [3.8, 4) is 0 Å². The highest BCUT2D eigenvalue weighted by atomic mass is 32.2. The highest BCUT2D eigenvalue weighted by molar-refractivity contribution is 7.89. The van der Waals surface area contributed by atoms with Crippen LogP contribution in [0.15, 0.2) is 30.5 Å². The van der Waals surface area contributed by atoms with Crippen LogP contribution in [0.5, 0.6) is 0 Å². The third-order valence-corrected chi connectivity index (χ3v) is 5.91. The van der Waals surface area contributed by atoms with Crippen LogP contribution in [0, 0.1) is 0 Å². The topological polar surface area (TPSA) is 62.3 Å². The van der Waals surface area contributed by atoms with Crippen LogP contribution in [0.4, 0.5) is 18.9 Å². The molecule has 1 aliphatic rings. The Hall–Kier alpha value is -1.87. The number of nitrogens with zero attached hydrogens (tertiary/aromatic N) is 2. The Morgan fingerprint density at radius 3 is 2.71 bits per heavy atom. The van der Waals surface area contributed by atoms with E-state index >= 15 is 0 Å². The van der Waals surface area contributed by atoms with Gasteiger partial charge in [-0.2, -0.15) is 13.2 Å². The largest absolute Gasteiger partial charge is 0.416 e. The molecule has 0 radical (unpaired) electrons. The standard InChI is InChI=1S/C15H16F3N3O2S/c16-15(17,18)11-2-3-12-13(4-5-19-14(12)10-11)20-6-8-21-7-1-9-24(21,22)23/h2-5,10H,1,6-9H2,(H,19,20). The average molecular weight is 359 g/mol. The van der Waals surface area contributed by atoms with Gasteiger partial charge in [-0.15, -0.1) is 0 Å². The summed E-state index contributed by atoms with van der Waals surface area (Å²) in [5.74, 6) is 0.172. The molecule has 0 saturated carbocycles. The van der Waals surface area contributed by atoms with Crippen LogP contribution < -0.4 is 5.32 Å². The van der Waals surface area contributed by atoms with Crippen molar-refractivity contribution in [2.24, 2.45) is 0 Å². The van der Waals surface area contributed by atoms with Gasteiger partial charge in [-0.05, 0) is 24.6 Å². The molecule has 1 saturated heterocycles. The van der Waals surface area contributed by atoms with Crippen LogP contribution in [0.2, 0.25) is 0 Å². The minimum atomic E-state index is -4.41. The highest BCUT2D eigenvalue weighted by Gasteiger charge is 2.31. The van der Waals surface area contributed by atoms with Crippen LogP contribution in [-0.2, 0) is 16.2 Å². The molecule has 1 aromatic heterocycles. The molecule has 2 heterocycles. The van der Waals surface area contributed by atoms with Gasteiger partial charge in [0.25, 0.3) is 0 Å². The molecule has 0 aliphatic carbocycles. The fraction of sp³-hybridized carbons (Fsp3) is 0.400. The first-order valence-electron chi connectivity index (χ1n) is 7.45. The molecule has 0 bridgehead atoms. The Morgan fingerprint density at radius 1 is 1.25 bits per heavy atom. The molecule has 0 amide bonds. The number of halogens is 3. The number of benzene rings is 1. The second kappa shape index (κ2) is 6.21. The van der Waals surface area contributed by atoms with E-state index in [1.54, 1.807) is 6.07 Å². The number of sulfonamides is 1. The fourth-order valence-corrected chi connectivity index (χ4v) is 4.27. The lowest BCUT2D eigenvalue weighted by Crippen LogP contribution is -2.30. The summed E-state index contributed by atoms with van der Waals surface area (Å²) in [5.41, 5.74) is 0.122. The predicted octanol–water partition coefficient (Wildman–Crippen LogP) is 2.70. The molecule has 3 rings (SSSR count). The van der Waals surface area contributed by atoms with E-state index in [9.17, 15) is 21.6 Å². The van der Waals surface area contributed by atoms with Crippen LogP contribution in [-0.4, -0.2) is 43.1 Å². The Bertz CT molecular complexity index is 853. The molecule has 1 N–H and O–H groups in total. The Morgan fingerprint density at radius 2 is 2.04 bits per heavy atom. The Kier molecular flexibility index (Phi) is 4.39. The zero-order valence-corrected chi connectivity index (χ0v) is 13.5. The lowest BCUT2D eigenvalue weighted by Gasteiger charge is -2.16. The predicted molar refractivity (Wildman–Crippen MR) is 85.2 cm³/mol. The quantitative estimate of drug-likeness (QED) is 0.912. The van der Waals surface area contributed by atoms with Gasteiger partial charge in [0.05, 0.1) is 16.8 Å². The first-order chi connectivity index (χ1) is 11.3. The van der Waals surface area contributed by atoms with Crippen molar-refractivity contribution in [2.45, 2.75) is 12.6 Å². The summed E-state index contributed by atoms with van der Waals surface area (Å²) >= 11 is 0. The normalized spacial score (nSPS) is 18.1. The third kappa shape index (κ3) is 3.46. The van der Waals surface area contributed by atoms with Crippen LogP contribution >= 0.6 is 0 Å². The molecule has 0 atom stereocenters. The molecule has 5 nitrogen and oxygen atoms in total. The van der Waals surface area contributed by atoms with E-state index in [0.717, 1.165) is 12.1 Å². The zero-order chi connectivity index (χ0) is 17.4. The van der Waals surface area contributed by atoms with Crippen molar-refractivity contribution in [3.05, 3.63) is 36.0 Å². The number of rotatable bonds is 4. The number of aromatic nitrogens is 1. The van der Waals surface area contributed by atoms with E-state index < -0.39 is 21.8 Å². The molecular weight excluding hydrogens is 343 g/mol. The smallest absolute Gasteiger partial charge is 0.383 e. The third-order valence-electron chi connectivity index (χ3n) is 3.95. The number of anilines is 1. The van der Waals surface area contributed by atoms with Crippen molar-refractivity contribution in [2.75, 3.05) is 30.7 Å². The van der Waals surface area contributed by atoms with Crippen molar-refractivity contribution in [1.29, 1.82) is 0 Å². The maximum atomic E-state index is 12.8. The lowest BCUT2D eigenvalue weighted by atomic mass is 10.1. The van der Waals surface area contributed by atoms with Crippen molar-refractivity contribution in [3.63, 3.8) is 0 Å². The molecule has 1 aliphatic heterocycles. The number of alkyl halides is 3. The van der Waals surface area contributed by atoms with Gasteiger partial charge in [0.2, 0.25) is 10.0 Å². The number of hydrogen-bond donors (Lipinski definition) is 1. The van der Waals surface area contributed by atoms with E-state index in [1.807, 2.05) is 0 Å². The van der Waals surface area contributed by atoms with Crippen LogP contribution in [0.25, 0.3) is 10.9 Å². The van der Waals surface area contributed by atoms with Gasteiger partial charge in [-0.25, -0.2) is 12.7 Å². The van der Waals surface area contributed by atoms with Gasteiger partial charge in [-0.1, -0.05) is 6.07 Å². The molecule has 24 heavy (non-hydrogen) atoms. The summed E-state index contributed by atoms with van der Waals surface area (Å²) in [4.78, 5) is 3.98. The molecule has 1 fully saturated rings. The van der Waals surface area contributed by atoms with Gasteiger partial charge < -0.3 is 5.32 Å². The maximum absolute atomic E-state index is 12.8. The molecular formula is C15H16F3N3O2S. The van der Waals surface area contributed by atoms with E-state index in [2.05, 4.69) is 10.3 Å². The summed E-state index contributed by atoms with van der Waals surface area (Å²) < 4.78 is 63.2. The minimum absolute atomic E-state index is 0.172. The van der Waals surface area contributed by atoms with Gasteiger partial charge in [0.15, 0.2) is 0 Å². The lowest BCUT2D eigenvalue weighted by molar-refractivity contribution is -0.137. The minimum Gasteiger partial charge on any atom is -0.383 e. The SMILES string of the molecule is O=S1(=O)CCCN1CCNc1ccnc2cc(C(F)(F)F)ccc12. The highest BCUT2D eigenvalue weighted by Crippen LogP contribution is 2.32. The maximum Gasteiger partial charge on any atom is 0.416 e. The van der Waals surface area contributed by atoms with Gasteiger partial charge in [-0.3, -0.25) is 4.98 Å². The second-order valence-electron chi connectivity index (χ2n) is 5.58. The second-order valence-corrected chi connectivity index (χ2v) is 7.67. The van der Waals surface area contributed by atoms with Gasteiger partial charge in [0, 0.05) is 36.9 Å². The van der Waals surface area contributed by atoms with Crippen LogP contribution in [0.1, 0.15) is 12.0 Å². The molecule has 9 heteroatoms. The van der Waals surface area contributed by atoms with E-state index in [0.29, 0.717) is 37.1 Å². The Labute approximate surface area is 137 Å². The average Bonchev–Trinajstić information content (AvgIpc) is 2.85. The van der Waals surface area contributed by atoms with E-state index in [-0.39, 0.29) is 11.3 Å². The Balaban J connectivity index is 1.75. The van der Waals surface area contributed by atoms with Gasteiger partial charge >= 0.3 is 6.18 Å². The number of fused-ring (bicyclic) bond motifs is 1. The summed E-state index contributed by atoms with van der Waals surface area (Å²) in [6.45, 7) is 1.21. The molecule has 2 aromatic rings. The summed E-state index contributed by atoms with van der Waals surface area (Å²) in [6, 6.07) is 5.06. The molecule has 130 valence electrons. The van der Waals surface area contributed by atoms with Crippen molar-refractivity contribution >= 4 is 26.6 Å². The van der Waals surface area contributed by atoms with Crippen molar-refractivity contribution < 1.29 is 21.6 Å². The molecule has 1 aromatic carbocycles. The zero-order valence-electron chi connectivity index (χ0n) is 12.7. The monoisotopic (exact) mass is 359 g/mol. The van der Waals surface area contributed by atoms with Gasteiger partial charge in [0.1, 0.15) is 0 Å². The van der Waals surface area contributed by atoms with Crippen LogP contribution in [0.3, 0.4) is 0 Å². The fourth-order valence-electron chi connectivity index (χ4n) is 2.74. The van der Waals surface area contributed by atoms with Crippen molar-refractivity contribution in [1.82, 2.24) is 9.29 Å². The number of hydrogen-bond acceptors (Lipinski definition) is 4. The molecule has 0 unspecified atom stereocenters. The molecule has 0 spiro atoms. The summed E-state index contributed by atoms with van der Waals surface area (Å²) in [5, 5.41) is 3.65. The van der Waals surface area contributed by atoms with E-state index in [1.165, 1.54) is 16.6 Å². The van der Waals surface area contributed by atoms with E-state index in [4.69, 9.17) is 0 Å². The summed E-state index contributed by atoms with van der Waals surface area (Å²) in [6.07, 6.45) is -2.36. The first-order valence-corrected chi connectivity index (χ1v) is 9.06. The number of nitrogens with one attached hydrogen (secondary N) is 1. The summed E-state index contributed by atoms with van der Waals surface area (Å²) in [7, 11) is -3.15. The first kappa shape index (κ1) is 17.0. The number of pyridine rings is 1.